The summed E-state index contributed by atoms with van der Waals surface area (Å²) in [5.74, 6) is -0.0683. The number of aldehydes is 1. The molecule has 0 radical (unpaired) electrons. The van der Waals surface area contributed by atoms with Gasteiger partial charge in [0.1, 0.15) is 6.29 Å². The van der Waals surface area contributed by atoms with Crippen LogP contribution in [0.25, 0.3) is 0 Å². The second-order valence-corrected chi connectivity index (χ2v) is 3.31. The smallest absolute Gasteiger partial charge is 0.160 e. The molecule has 0 spiro atoms. The quantitative estimate of drug-likeness (QED) is 0.581. The summed E-state index contributed by atoms with van der Waals surface area (Å²) >= 11 is 0. The highest BCUT2D eigenvalue weighted by Gasteiger charge is 2.42. The van der Waals surface area contributed by atoms with Crippen LogP contribution in [-0.4, -0.2) is 36.5 Å². The number of carbonyl (C=O) groups excluding carboxylic acids is 1. The van der Waals surface area contributed by atoms with Gasteiger partial charge in [-0.3, -0.25) is 0 Å². The summed E-state index contributed by atoms with van der Waals surface area (Å²) in [7, 11) is 0. The molecule has 2 fully saturated rings. The van der Waals surface area contributed by atoms with Crippen molar-refractivity contribution in [1.82, 2.24) is 0 Å². The number of carbonyl (C=O) groups is 1. The Kier molecular flexibility index (Phi) is 2.12. The molecule has 1 N–H and O–H groups in total. The second kappa shape index (κ2) is 3.12. The Bertz CT molecular complexity index is 182. The van der Waals surface area contributed by atoms with E-state index in [0.29, 0.717) is 19.4 Å². The van der Waals surface area contributed by atoms with Crippen LogP contribution in [0.4, 0.5) is 0 Å². The zero-order valence-corrected chi connectivity index (χ0v) is 6.68. The van der Waals surface area contributed by atoms with E-state index < -0.39 is 6.10 Å². The Morgan fingerprint density at radius 3 is 3.17 bits per heavy atom. The van der Waals surface area contributed by atoms with E-state index in [4.69, 9.17) is 9.47 Å². The van der Waals surface area contributed by atoms with Crippen molar-refractivity contribution in [2.24, 2.45) is 5.92 Å². The molecule has 0 aliphatic carbocycles. The van der Waals surface area contributed by atoms with Crippen LogP contribution in [0.3, 0.4) is 0 Å². The van der Waals surface area contributed by atoms with E-state index in [9.17, 15) is 9.90 Å². The van der Waals surface area contributed by atoms with Crippen LogP contribution in [0.15, 0.2) is 0 Å². The SMILES string of the molecule is O=CC[C@H]1[C@H](O)C[C@@H]2OC[C@H]1O2. The van der Waals surface area contributed by atoms with Crippen LogP contribution in [0.5, 0.6) is 0 Å². The van der Waals surface area contributed by atoms with E-state index in [0.717, 1.165) is 6.29 Å². The normalized spacial score (nSPS) is 46.1. The maximum Gasteiger partial charge on any atom is 0.160 e. The van der Waals surface area contributed by atoms with Gasteiger partial charge in [-0.25, -0.2) is 0 Å². The molecule has 0 amide bonds. The predicted molar refractivity (Wildman–Crippen MR) is 39.4 cm³/mol. The van der Waals surface area contributed by atoms with Crippen LogP contribution < -0.4 is 0 Å². The summed E-state index contributed by atoms with van der Waals surface area (Å²) in [6.45, 7) is 0.514. The lowest BCUT2D eigenvalue weighted by atomic mass is 9.90. The number of rotatable bonds is 2. The van der Waals surface area contributed by atoms with E-state index in [1.165, 1.54) is 0 Å². The number of ether oxygens (including phenoxy) is 2. The molecule has 12 heavy (non-hydrogen) atoms. The Labute approximate surface area is 70.5 Å². The molecule has 2 bridgehead atoms. The first-order valence-corrected chi connectivity index (χ1v) is 4.20. The first-order chi connectivity index (χ1) is 5.81. The summed E-state index contributed by atoms with van der Waals surface area (Å²) in [5, 5.41) is 9.56. The molecule has 0 saturated carbocycles. The van der Waals surface area contributed by atoms with Crippen molar-refractivity contribution in [3.05, 3.63) is 0 Å². The highest BCUT2D eigenvalue weighted by molar-refractivity contribution is 5.50. The second-order valence-electron chi connectivity index (χ2n) is 3.31. The summed E-state index contributed by atoms with van der Waals surface area (Å²) in [4.78, 5) is 10.3. The van der Waals surface area contributed by atoms with Crippen LogP contribution in [0.1, 0.15) is 12.8 Å². The molecule has 0 aromatic heterocycles. The number of hydrogen-bond acceptors (Lipinski definition) is 4. The fourth-order valence-electron chi connectivity index (χ4n) is 1.86. The zero-order valence-electron chi connectivity index (χ0n) is 6.68. The van der Waals surface area contributed by atoms with Gasteiger partial charge in [0.25, 0.3) is 0 Å². The lowest BCUT2D eigenvalue weighted by Crippen LogP contribution is -2.39. The van der Waals surface area contributed by atoms with Gasteiger partial charge in [-0.15, -0.1) is 0 Å². The summed E-state index contributed by atoms with van der Waals surface area (Å²) < 4.78 is 10.6. The van der Waals surface area contributed by atoms with Gasteiger partial charge in [0, 0.05) is 18.8 Å². The number of hydrogen-bond donors (Lipinski definition) is 1. The third-order valence-corrected chi connectivity index (χ3v) is 2.55. The molecule has 0 aromatic carbocycles. The van der Waals surface area contributed by atoms with Crippen molar-refractivity contribution in [3.63, 3.8) is 0 Å². The van der Waals surface area contributed by atoms with Crippen molar-refractivity contribution in [1.29, 1.82) is 0 Å². The molecular formula is C8H12O4. The van der Waals surface area contributed by atoms with Crippen LogP contribution in [0, 0.1) is 5.92 Å². The van der Waals surface area contributed by atoms with Gasteiger partial charge in [0.15, 0.2) is 6.29 Å². The van der Waals surface area contributed by atoms with Gasteiger partial charge in [-0.05, 0) is 0 Å². The van der Waals surface area contributed by atoms with Crippen LogP contribution in [0.2, 0.25) is 0 Å². The summed E-state index contributed by atoms with van der Waals surface area (Å²) in [6.07, 6.45) is 0.922. The molecule has 2 saturated heterocycles. The van der Waals surface area contributed by atoms with Crippen molar-refractivity contribution >= 4 is 6.29 Å². The minimum absolute atomic E-state index is 0.0683. The molecule has 2 aliphatic rings. The zero-order chi connectivity index (χ0) is 8.55. The fraction of sp³-hybridized carbons (Fsp3) is 0.875. The molecular weight excluding hydrogens is 160 g/mol. The largest absolute Gasteiger partial charge is 0.393 e. The maximum absolute atomic E-state index is 10.3. The molecule has 68 valence electrons. The van der Waals surface area contributed by atoms with Gasteiger partial charge in [-0.1, -0.05) is 0 Å². The van der Waals surface area contributed by atoms with Crippen molar-refractivity contribution < 1.29 is 19.4 Å². The monoisotopic (exact) mass is 172 g/mol. The van der Waals surface area contributed by atoms with E-state index in [2.05, 4.69) is 0 Å². The third kappa shape index (κ3) is 1.26. The van der Waals surface area contributed by atoms with Crippen LogP contribution in [-0.2, 0) is 14.3 Å². The fourth-order valence-corrected chi connectivity index (χ4v) is 1.86. The Hall–Kier alpha value is -0.450. The molecule has 0 unspecified atom stereocenters. The van der Waals surface area contributed by atoms with Crippen molar-refractivity contribution in [3.8, 4) is 0 Å². The van der Waals surface area contributed by atoms with Crippen molar-refractivity contribution in [2.45, 2.75) is 31.3 Å². The molecule has 4 nitrogen and oxygen atoms in total. The average Bonchev–Trinajstić information content (AvgIpc) is 2.43. The molecule has 2 aliphatic heterocycles. The first kappa shape index (κ1) is 8.16. The van der Waals surface area contributed by atoms with E-state index in [1.54, 1.807) is 0 Å². The molecule has 4 atom stereocenters. The Morgan fingerprint density at radius 1 is 1.58 bits per heavy atom. The number of fused-ring (bicyclic) bond motifs is 2. The van der Waals surface area contributed by atoms with Gasteiger partial charge in [0.2, 0.25) is 0 Å². The van der Waals surface area contributed by atoms with Crippen LogP contribution >= 0.6 is 0 Å². The Morgan fingerprint density at radius 2 is 2.42 bits per heavy atom. The first-order valence-electron chi connectivity index (χ1n) is 4.20. The standard InChI is InChI=1S/C8H12O4/c9-2-1-5-6(10)3-8-11-4-7(5)12-8/h2,5-8,10H,1,3-4H2/t5-,6+,7+,8+/m0/s1. The molecule has 4 heteroatoms. The van der Waals surface area contributed by atoms with Gasteiger partial charge >= 0.3 is 0 Å². The molecule has 2 rings (SSSR count). The lowest BCUT2D eigenvalue weighted by molar-refractivity contribution is -0.145. The minimum atomic E-state index is -0.443. The highest BCUT2D eigenvalue weighted by atomic mass is 16.7. The van der Waals surface area contributed by atoms with E-state index in [1.807, 2.05) is 0 Å². The molecule has 2 heterocycles. The Balaban J connectivity index is 2.04. The minimum Gasteiger partial charge on any atom is -0.393 e. The maximum atomic E-state index is 10.3. The predicted octanol–water partition coefficient (Wildman–Crippen LogP) is -0.302. The number of aliphatic hydroxyl groups is 1. The van der Waals surface area contributed by atoms with Gasteiger partial charge in [0.05, 0.1) is 18.8 Å². The summed E-state index contributed by atoms with van der Waals surface area (Å²) in [5.41, 5.74) is 0. The van der Waals surface area contributed by atoms with E-state index in [-0.39, 0.29) is 18.3 Å². The number of aliphatic hydroxyl groups excluding tert-OH is 1. The van der Waals surface area contributed by atoms with Gasteiger partial charge in [-0.2, -0.15) is 0 Å². The molecule has 0 aromatic rings. The third-order valence-electron chi connectivity index (χ3n) is 2.55. The van der Waals surface area contributed by atoms with E-state index >= 15 is 0 Å². The topological polar surface area (TPSA) is 55.8 Å². The van der Waals surface area contributed by atoms with Crippen molar-refractivity contribution in [2.75, 3.05) is 6.61 Å². The average molecular weight is 172 g/mol. The van der Waals surface area contributed by atoms with Gasteiger partial charge < -0.3 is 19.4 Å². The lowest BCUT2D eigenvalue weighted by Gasteiger charge is -2.30. The highest BCUT2D eigenvalue weighted by Crippen LogP contribution is 2.33. The summed E-state index contributed by atoms with van der Waals surface area (Å²) in [6, 6.07) is 0.